The molecular weight excluding hydrogens is 356 g/mol. The first-order valence-electron chi connectivity index (χ1n) is 9.18. The predicted octanol–water partition coefficient (Wildman–Crippen LogP) is 1.81. The van der Waals surface area contributed by atoms with Crippen LogP contribution in [0.3, 0.4) is 0 Å². The first-order chi connectivity index (χ1) is 13.4. The van der Waals surface area contributed by atoms with E-state index in [0.29, 0.717) is 37.6 Å². The van der Waals surface area contributed by atoms with E-state index in [1.807, 2.05) is 25.1 Å². The van der Waals surface area contributed by atoms with Crippen molar-refractivity contribution in [1.29, 1.82) is 0 Å². The number of imide groups is 1. The van der Waals surface area contributed by atoms with Gasteiger partial charge in [0, 0.05) is 44.5 Å². The molecule has 1 fully saturated rings. The fourth-order valence-corrected chi connectivity index (χ4v) is 3.29. The summed E-state index contributed by atoms with van der Waals surface area (Å²) in [5.41, 5.74) is 8.78. The molecule has 0 saturated carbocycles. The molecule has 0 aromatic heterocycles. The second-order valence-electron chi connectivity index (χ2n) is 6.87. The molecule has 0 spiro atoms. The molecule has 2 aromatic rings. The normalized spacial score (nSPS) is 13.9. The summed E-state index contributed by atoms with van der Waals surface area (Å²) in [4.78, 5) is 42.1. The topological polar surface area (TPSA) is 87.0 Å². The number of amides is 3. The summed E-state index contributed by atoms with van der Waals surface area (Å²) in [7, 11) is 0. The molecule has 1 saturated heterocycles. The van der Waals surface area contributed by atoms with Gasteiger partial charge in [0.2, 0.25) is 5.91 Å². The van der Waals surface area contributed by atoms with Crippen LogP contribution >= 0.6 is 0 Å². The lowest BCUT2D eigenvalue weighted by atomic mass is 10.2. The van der Waals surface area contributed by atoms with Crippen LogP contribution < -0.4 is 15.5 Å². The molecule has 3 amide bonds. The predicted molar refractivity (Wildman–Crippen MR) is 109 cm³/mol. The van der Waals surface area contributed by atoms with Crippen molar-refractivity contribution in [3.63, 3.8) is 0 Å². The minimum absolute atomic E-state index is 0.332. The summed E-state index contributed by atoms with van der Waals surface area (Å²) in [5, 5.41) is 0. The van der Waals surface area contributed by atoms with E-state index < -0.39 is 17.7 Å². The fourth-order valence-electron chi connectivity index (χ4n) is 3.29. The van der Waals surface area contributed by atoms with Gasteiger partial charge in [0.1, 0.15) is 0 Å². The molecular formula is C21H24N4O3. The second-order valence-corrected chi connectivity index (χ2v) is 6.87. The monoisotopic (exact) mass is 380 g/mol. The third kappa shape index (κ3) is 4.14. The fraction of sp³-hybridized carbons (Fsp3) is 0.286. The van der Waals surface area contributed by atoms with Gasteiger partial charge in [-0.1, -0.05) is 12.1 Å². The molecule has 0 unspecified atom stereocenters. The van der Waals surface area contributed by atoms with Gasteiger partial charge in [-0.15, -0.1) is 0 Å². The zero-order valence-corrected chi connectivity index (χ0v) is 16.1. The summed E-state index contributed by atoms with van der Waals surface area (Å²) in [6, 6.07) is 14.5. The van der Waals surface area contributed by atoms with Crippen LogP contribution in [0.4, 0.5) is 17.1 Å². The molecule has 3 rings (SSSR count). The summed E-state index contributed by atoms with van der Waals surface area (Å²) in [5.74, 6) is -2.03. The van der Waals surface area contributed by atoms with Gasteiger partial charge in [0.25, 0.3) is 0 Å². The summed E-state index contributed by atoms with van der Waals surface area (Å²) in [6.45, 7) is 5.40. The molecule has 0 atom stereocenters. The van der Waals surface area contributed by atoms with Gasteiger partial charge < -0.3 is 15.5 Å². The number of nitrogens with zero attached hydrogens (tertiary/aromatic N) is 3. The molecule has 1 aliphatic heterocycles. The minimum Gasteiger partial charge on any atom is -0.399 e. The number of piperazine rings is 1. The SMILES string of the molecule is CC(=O)N(C(=O)C(=O)N1CCN(c2cccc(C)c2)CC1)c1ccc(N)cc1. The van der Waals surface area contributed by atoms with E-state index in [0.717, 1.165) is 10.6 Å². The zero-order valence-electron chi connectivity index (χ0n) is 16.1. The van der Waals surface area contributed by atoms with Crippen molar-refractivity contribution < 1.29 is 14.4 Å². The number of rotatable bonds is 2. The summed E-state index contributed by atoms with van der Waals surface area (Å²) in [6.07, 6.45) is 0. The van der Waals surface area contributed by atoms with Gasteiger partial charge in [-0.25, -0.2) is 4.90 Å². The molecule has 146 valence electrons. The van der Waals surface area contributed by atoms with Gasteiger partial charge in [-0.05, 0) is 48.9 Å². The van der Waals surface area contributed by atoms with Gasteiger partial charge in [0.05, 0.1) is 5.69 Å². The van der Waals surface area contributed by atoms with Crippen molar-refractivity contribution in [3.8, 4) is 0 Å². The van der Waals surface area contributed by atoms with Gasteiger partial charge in [-0.2, -0.15) is 0 Å². The van der Waals surface area contributed by atoms with E-state index >= 15 is 0 Å². The molecule has 7 nitrogen and oxygen atoms in total. The Morgan fingerprint density at radius 1 is 0.964 bits per heavy atom. The molecule has 1 aliphatic rings. The smallest absolute Gasteiger partial charge is 0.323 e. The van der Waals surface area contributed by atoms with Crippen molar-refractivity contribution in [1.82, 2.24) is 4.90 Å². The summed E-state index contributed by atoms with van der Waals surface area (Å²) < 4.78 is 0. The first kappa shape index (κ1) is 19.4. The molecule has 2 N–H and O–H groups in total. The van der Waals surface area contributed by atoms with Crippen LogP contribution in [0.2, 0.25) is 0 Å². The third-order valence-corrected chi connectivity index (χ3v) is 4.79. The van der Waals surface area contributed by atoms with Crippen LogP contribution in [-0.2, 0) is 14.4 Å². The largest absolute Gasteiger partial charge is 0.399 e. The Labute approximate surface area is 164 Å². The van der Waals surface area contributed by atoms with Crippen molar-refractivity contribution in [2.24, 2.45) is 0 Å². The average Bonchev–Trinajstić information content (AvgIpc) is 2.69. The van der Waals surface area contributed by atoms with Crippen molar-refractivity contribution in [2.45, 2.75) is 13.8 Å². The lowest BCUT2D eigenvalue weighted by Gasteiger charge is -2.36. The van der Waals surface area contributed by atoms with E-state index in [2.05, 4.69) is 11.0 Å². The van der Waals surface area contributed by atoms with Crippen molar-refractivity contribution in [3.05, 3.63) is 54.1 Å². The average molecular weight is 380 g/mol. The lowest BCUT2D eigenvalue weighted by Crippen LogP contribution is -2.54. The lowest BCUT2D eigenvalue weighted by molar-refractivity contribution is -0.145. The number of carbonyl (C=O) groups excluding carboxylic acids is 3. The molecule has 0 aliphatic carbocycles. The highest BCUT2D eigenvalue weighted by Gasteiger charge is 2.32. The number of aryl methyl sites for hydroxylation is 1. The van der Waals surface area contributed by atoms with Crippen LogP contribution in [0.15, 0.2) is 48.5 Å². The van der Waals surface area contributed by atoms with E-state index in [1.165, 1.54) is 17.4 Å². The number of nitrogens with two attached hydrogens (primary N) is 1. The highest BCUT2D eigenvalue weighted by molar-refractivity contribution is 6.45. The highest BCUT2D eigenvalue weighted by Crippen LogP contribution is 2.20. The maximum atomic E-state index is 12.7. The van der Waals surface area contributed by atoms with E-state index in [-0.39, 0.29) is 0 Å². The van der Waals surface area contributed by atoms with E-state index in [9.17, 15) is 14.4 Å². The molecule has 2 aromatic carbocycles. The summed E-state index contributed by atoms with van der Waals surface area (Å²) >= 11 is 0. The third-order valence-electron chi connectivity index (χ3n) is 4.79. The van der Waals surface area contributed by atoms with Crippen LogP contribution in [-0.4, -0.2) is 48.8 Å². The van der Waals surface area contributed by atoms with Crippen LogP contribution in [0, 0.1) is 6.92 Å². The highest BCUT2D eigenvalue weighted by atomic mass is 16.2. The minimum atomic E-state index is -0.846. The molecule has 7 heteroatoms. The molecule has 0 bridgehead atoms. The maximum Gasteiger partial charge on any atom is 0.323 e. The van der Waals surface area contributed by atoms with Crippen molar-refractivity contribution >= 4 is 34.8 Å². The van der Waals surface area contributed by atoms with E-state index in [4.69, 9.17) is 5.73 Å². The Balaban J connectivity index is 1.68. The number of carbonyl (C=O) groups is 3. The van der Waals surface area contributed by atoms with Crippen LogP contribution in [0.1, 0.15) is 12.5 Å². The maximum absolute atomic E-state index is 12.7. The Kier molecular flexibility index (Phi) is 5.63. The van der Waals surface area contributed by atoms with Crippen LogP contribution in [0.5, 0.6) is 0 Å². The molecule has 1 heterocycles. The Bertz CT molecular complexity index is 887. The Hall–Kier alpha value is -3.35. The van der Waals surface area contributed by atoms with Gasteiger partial charge in [0.15, 0.2) is 0 Å². The van der Waals surface area contributed by atoms with Crippen molar-refractivity contribution in [2.75, 3.05) is 41.7 Å². The quantitative estimate of drug-likeness (QED) is 0.634. The Morgan fingerprint density at radius 2 is 1.61 bits per heavy atom. The number of hydrogen-bond donors (Lipinski definition) is 1. The molecule has 0 radical (unpaired) electrons. The zero-order chi connectivity index (χ0) is 20.3. The number of anilines is 3. The number of nitrogen functional groups attached to an aromatic ring is 1. The number of hydrogen-bond acceptors (Lipinski definition) is 5. The van der Waals surface area contributed by atoms with Crippen LogP contribution in [0.25, 0.3) is 0 Å². The first-order valence-corrected chi connectivity index (χ1v) is 9.18. The van der Waals surface area contributed by atoms with Gasteiger partial charge >= 0.3 is 11.8 Å². The Morgan fingerprint density at radius 3 is 2.18 bits per heavy atom. The number of benzene rings is 2. The molecule has 28 heavy (non-hydrogen) atoms. The second kappa shape index (κ2) is 8.12. The van der Waals surface area contributed by atoms with E-state index in [1.54, 1.807) is 24.3 Å². The van der Waals surface area contributed by atoms with Gasteiger partial charge in [-0.3, -0.25) is 14.4 Å². The standard InChI is InChI=1S/C21H24N4O3/c1-15-4-3-5-19(14-15)23-10-12-24(13-11-23)20(27)21(28)25(16(2)26)18-8-6-17(22)7-9-18/h3-9,14H,10-13,22H2,1-2H3.